The molecular weight excluding hydrogens is 250 g/mol. The van der Waals surface area contributed by atoms with E-state index < -0.39 is 0 Å². The van der Waals surface area contributed by atoms with Gasteiger partial charge in [-0.05, 0) is 0 Å². The monoisotopic (exact) mass is 251 g/mol. The average molecular weight is 250 g/mol. The molecule has 0 atom stereocenters. The second-order valence-corrected chi connectivity index (χ2v) is 0.999. The van der Waals surface area contributed by atoms with E-state index in [1.807, 2.05) is 0 Å². The van der Waals surface area contributed by atoms with Crippen LogP contribution < -0.4 is 0 Å². The Labute approximate surface area is 39.6 Å². The Morgan fingerprint density at radius 2 is 2.25 bits per heavy atom. The summed E-state index contributed by atoms with van der Waals surface area (Å²) in [6, 6.07) is 0. The minimum absolute atomic E-state index is 0.252. The number of hydrogen-bond donors (Lipinski definition) is 0. The first-order valence-corrected chi connectivity index (χ1v) is 2.43. The molecule has 0 aromatic rings. The van der Waals surface area contributed by atoms with Crippen LogP contribution >= 0.6 is 0 Å². The number of nitrogens with zero attached hydrogens (tertiary/aromatic N) is 1. The fourth-order valence-corrected chi connectivity index (χ4v) is 0. The first-order chi connectivity index (χ1) is 1.91. The SMILES string of the molecule is O=N[O][Tl]. The van der Waals surface area contributed by atoms with Crippen LogP contribution in [0.4, 0.5) is 0 Å². The van der Waals surface area contributed by atoms with Gasteiger partial charge >= 0.3 is 39.3 Å². The van der Waals surface area contributed by atoms with Gasteiger partial charge < -0.3 is 0 Å². The molecule has 0 aromatic heterocycles. The van der Waals surface area contributed by atoms with Crippen LogP contribution in [0.25, 0.3) is 0 Å². The summed E-state index contributed by atoms with van der Waals surface area (Å²) in [6.45, 7) is 0. The Bertz CT molecular complexity index is 20.0. The van der Waals surface area contributed by atoms with Gasteiger partial charge in [-0.2, -0.15) is 0 Å². The van der Waals surface area contributed by atoms with Crippen LogP contribution in [0, 0.1) is 4.91 Å². The van der Waals surface area contributed by atoms with Crippen LogP contribution in [0.15, 0.2) is 5.34 Å². The van der Waals surface area contributed by atoms with E-state index in [1.165, 1.54) is 0 Å². The summed E-state index contributed by atoms with van der Waals surface area (Å²) in [6.07, 6.45) is 0. The standard InChI is InChI=1S/HNO2.Tl/c2-1-3;/h(H,2,3);/q;+1/p-1. The zero-order valence-electron chi connectivity index (χ0n) is 1.84. The van der Waals surface area contributed by atoms with Crippen LogP contribution in [-0.2, 0) is 2.79 Å². The summed E-state index contributed by atoms with van der Waals surface area (Å²) < 4.78 is 3.78. The Balaban J connectivity index is 2.30. The molecule has 0 aromatic carbocycles. The molecule has 3 nitrogen and oxygen atoms in total. The van der Waals surface area contributed by atoms with Crippen molar-refractivity contribution < 1.29 is 2.79 Å². The molecular formula is NO2Tl. The average Bonchev–Trinajstić information content (AvgIpc) is 1.37. The predicted octanol–water partition coefficient (Wildman–Crippen LogP) is -0.232. The van der Waals surface area contributed by atoms with Gasteiger partial charge in [0, 0.05) is 0 Å². The van der Waals surface area contributed by atoms with Crippen molar-refractivity contribution in [2.45, 2.75) is 0 Å². The predicted molar refractivity (Wildman–Crippen MR) is 12.6 cm³/mol. The van der Waals surface area contributed by atoms with E-state index in [0.29, 0.717) is 0 Å². The Morgan fingerprint density at radius 3 is 2.25 bits per heavy atom. The molecule has 20 valence electrons. The van der Waals surface area contributed by atoms with Gasteiger partial charge in [-0.3, -0.25) is 0 Å². The summed E-state index contributed by atoms with van der Waals surface area (Å²) in [5, 5.41) is 2.06. The first-order valence-electron chi connectivity index (χ1n) is 0.601. The molecule has 0 aliphatic carbocycles. The fourth-order valence-electron chi connectivity index (χ4n) is 0. The molecule has 0 amide bonds. The molecule has 0 rings (SSSR count). The van der Waals surface area contributed by atoms with E-state index in [-0.39, 0.29) is 26.2 Å². The Kier molecular flexibility index (Phi) is 3.59. The molecule has 0 aliphatic rings. The van der Waals surface area contributed by atoms with Crippen LogP contribution in [0.3, 0.4) is 0 Å². The third-order valence-corrected chi connectivity index (χ3v) is 0.378. The third kappa shape index (κ3) is 2.32. The quantitative estimate of drug-likeness (QED) is 0.366. The van der Waals surface area contributed by atoms with E-state index in [1.54, 1.807) is 0 Å². The van der Waals surface area contributed by atoms with Gasteiger partial charge in [0.25, 0.3) is 0 Å². The van der Waals surface area contributed by atoms with Crippen molar-refractivity contribution in [1.82, 2.24) is 0 Å². The van der Waals surface area contributed by atoms with Gasteiger partial charge in [0.1, 0.15) is 0 Å². The van der Waals surface area contributed by atoms with Gasteiger partial charge in [0.15, 0.2) is 0 Å². The third-order valence-electron chi connectivity index (χ3n) is 0.0430. The molecule has 0 radical (unpaired) electrons. The molecule has 0 fully saturated rings. The van der Waals surface area contributed by atoms with Crippen molar-refractivity contribution in [2.24, 2.45) is 5.34 Å². The Morgan fingerprint density at radius 1 is 2.00 bits per heavy atom. The summed E-state index contributed by atoms with van der Waals surface area (Å²) in [4.78, 5) is 8.74. The van der Waals surface area contributed by atoms with E-state index in [2.05, 4.69) is 8.13 Å². The maximum atomic E-state index is 8.74. The van der Waals surface area contributed by atoms with Crippen molar-refractivity contribution in [3.8, 4) is 0 Å². The summed E-state index contributed by atoms with van der Waals surface area (Å²) in [7, 11) is 0. The van der Waals surface area contributed by atoms with Crippen molar-refractivity contribution in [1.29, 1.82) is 0 Å². The molecule has 0 spiro atoms. The van der Waals surface area contributed by atoms with E-state index in [4.69, 9.17) is 4.91 Å². The van der Waals surface area contributed by atoms with Crippen molar-refractivity contribution in [2.75, 3.05) is 0 Å². The fraction of sp³-hybridized carbons (Fsp3) is 0. The molecule has 4 heteroatoms. The molecule has 0 bridgehead atoms. The van der Waals surface area contributed by atoms with Crippen LogP contribution in [0.2, 0.25) is 0 Å². The van der Waals surface area contributed by atoms with Gasteiger partial charge in [-0.1, -0.05) is 0 Å². The summed E-state index contributed by atoms with van der Waals surface area (Å²) >= 11 is 0.252. The van der Waals surface area contributed by atoms with Crippen molar-refractivity contribution >= 4 is 26.2 Å². The van der Waals surface area contributed by atoms with E-state index in [9.17, 15) is 0 Å². The van der Waals surface area contributed by atoms with E-state index in [0.717, 1.165) is 0 Å². The topological polar surface area (TPSA) is 38.7 Å². The molecule has 0 saturated heterocycles. The van der Waals surface area contributed by atoms with Gasteiger partial charge in [0.05, 0.1) is 0 Å². The number of rotatable bonds is 1. The molecule has 0 saturated carbocycles. The normalized spacial score (nSPS) is 4.75. The zero-order valence-corrected chi connectivity index (χ0v) is 6.33. The molecule has 0 heterocycles. The molecule has 0 unspecified atom stereocenters. The van der Waals surface area contributed by atoms with Gasteiger partial charge in [-0.15, -0.1) is 0 Å². The second-order valence-electron chi connectivity index (χ2n) is 0.180. The van der Waals surface area contributed by atoms with Crippen molar-refractivity contribution in [3.63, 3.8) is 0 Å². The zero-order chi connectivity index (χ0) is 3.41. The van der Waals surface area contributed by atoms with Crippen LogP contribution in [-0.4, -0.2) is 26.2 Å². The van der Waals surface area contributed by atoms with E-state index >= 15 is 0 Å². The minimum atomic E-state index is 0.252. The summed E-state index contributed by atoms with van der Waals surface area (Å²) in [5.41, 5.74) is 0. The second kappa shape index (κ2) is 3.32. The van der Waals surface area contributed by atoms with Gasteiger partial charge in [0.2, 0.25) is 0 Å². The number of hydrogen-bond acceptors (Lipinski definition) is 3. The van der Waals surface area contributed by atoms with Crippen LogP contribution in [0.1, 0.15) is 0 Å². The van der Waals surface area contributed by atoms with Crippen LogP contribution in [0.5, 0.6) is 0 Å². The summed E-state index contributed by atoms with van der Waals surface area (Å²) in [5.74, 6) is 0. The Hall–Kier alpha value is 0.322. The van der Waals surface area contributed by atoms with Gasteiger partial charge in [-0.25, -0.2) is 0 Å². The maximum absolute atomic E-state index is 8.74. The molecule has 0 N–H and O–H groups in total. The first kappa shape index (κ1) is 4.32. The van der Waals surface area contributed by atoms with Crippen molar-refractivity contribution in [3.05, 3.63) is 4.91 Å². The molecule has 0 aliphatic heterocycles. The molecule has 4 heavy (non-hydrogen) atoms.